The third-order valence-electron chi connectivity index (χ3n) is 5.92. The van der Waals surface area contributed by atoms with Crippen LogP contribution in [0.1, 0.15) is 45.3 Å². The van der Waals surface area contributed by atoms with E-state index in [0.29, 0.717) is 0 Å². The molecule has 0 bridgehead atoms. The fourth-order valence-corrected chi connectivity index (χ4v) is 4.69. The maximum atomic E-state index is 13.5. The van der Waals surface area contributed by atoms with Gasteiger partial charge in [-0.3, -0.25) is 13.6 Å². The first-order valence-electron chi connectivity index (χ1n) is 11.9. The van der Waals surface area contributed by atoms with Crippen LogP contribution < -0.4 is 16.9 Å². The van der Waals surface area contributed by atoms with Crippen LogP contribution in [-0.2, 0) is 36.2 Å². The van der Waals surface area contributed by atoms with Crippen LogP contribution in [0.4, 0.5) is 5.82 Å². The summed E-state index contributed by atoms with van der Waals surface area (Å²) in [4.78, 5) is 27.2. The molecule has 0 aliphatic carbocycles. The second-order valence-electron chi connectivity index (χ2n) is 9.02. The Hall–Kier alpha value is -3.42. The van der Waals surface area contributed by atoms with E-state index in [4.69, 9.17) is 24.1 Å². The molecule has 3 aromatic rings. The molecule has 0 radical (unpaired) electrons. The third kappa shape index (κ3) is 7.37. The number of hydrogen-bond donors (Lipinski definition) is 4. The number of rotatable bonds is 11. The van der Waals surface area contributed by atoms with E-state index in [1.165, 1.54) is 0 Å². The number of aromatic carboxylic acids is 1. The largest absolute Gasteiger partial charge is 0.492 e. The van der Waals surface area contributed by atoms with E-state index >= 15 is 0 Å². The monoisotopic (exact) mass is 560 g/mol. The molecular formula is C25H29N4O9P. The van der Waals surface area contributed by atoms with Gasteiger partial charge in [0.1, 0.15) is 17.6 Å². The highest BCUT2D eigenvalue weighted by Crippen LogP contribution is 2.50. The second kappa shape index (κ2) is 12.2. The van der Waals surface area contributed by atoms with E-state index in [1.54, 1.807) is 0 Å². The summed E-state index contributed by atoms with van der Waals surface area (Å²) in [5.41, 5.74) is 10.1. The van der Waals surface area contributed by atoms with Crippen molar-refractivity contribution >= 4 is 19.6 Å². The maximum absolute atomic E-state index is 13.5. The summed E-state index contributed by atoms with van der Waals surface area (Å²) >= 11 is 0. The summed E-state index contributed by atoms with van der Waals surface area (Å²) in [6.45, 7) is 3.69. The summed E-state index contributed by atoms with van der Waals surface area (Å²) < 4.78 is 36.5. The van der Waals surface area contributed by atoms with Gasteiger partial charge in [-0.05, 0) is 25.0 Å². The predicted molar refractivity (Wildman–Crippen MR) is 138 cm³/mol. The van der Waals surface area contributed by atoms with E-state index in [2.05, 4.69) is 10.5 Å². The number of ether oxygens (including phenoxy) is 1. The molecule has 1 aliphatic rings. The van der Waals surface area contributed by atoms with Gasteiger partial charge >= 0.3 is 19.5 Å². The van der Waals surface area contributed by atoms with Crippen LogP contribution in [0.5, 0.6) is 0 Å². The van der Waals surface area contributed by atoms with Crippen molar-refractivity contribution in [3.63, 3.8) is 0 Å². The smallest absolute Gasteiger partial charge is 0.478 e. The number of carbonyl (C=O) groups is 1. The number of hydroxylamine groups is 1. The Morgan fingerprint density at radius 2 is 1.64 bits per heavy atom. The van der Waals surface area contributed by atoms with Crippen molar-refractivity contribution in [1.29, 1.82) is 0 Å². The standard InChI is InChI=1S/C25H29N4O9P/c1-15-3-7-17(8-4-15)13-35-39(34,36-14-18-9-5-16(2)6-10-18)38-28-23-20(30)11-21(37-23)29-12-19(24(31)32)22(26)27-25(29)33/h3-10,12,20-21,23,28,30H,11,13-14H2,1-2H3,(H,31,32)(H2,26,27,33)/t20-,21+,23-/m0/s1. The minimum absolute atomic E-state index is 0.0890. The topological polar surface area (TPSA) is 184 Å². The molecule has 1 saturated heterocycles. The molecule has 14 heteroatoms. The molecule has 0 saturated carbocycles. The summed E-state index contributed by atoms with van der Waals surface area (Å²) in [5.74, 6) is -1.83. The first-order valence-corrected chi connectivity index (χ1v) is 13.4. The van der Waals surface area contributed by atoms with Crippen molar-refractivity contribution in [1.82, 2.24) is 15.0 Å². The van der Waals surface area contributed by atoms with Crippen molar-refractivity contribution in [2.75, 3.05) is 5.73 Å². The summed E-state index contributed by atoms with van der Waals surface area (Å²) in [6, 6.07) is 14.8. The van der Waals surface area contributed by atoms with Crippen molar-refractivity contribution in [2.45, 2.75) is 52.0 Å². The van der Waals surface area contributed by atoms with Crippen LogP contribution in [0.2, 0.25) is 0 Å². The van der Waals surface area contributed by atoms with Crippen LogP contribution in [0.3, 0.4) is 0 Å². The summed E-state index contributed by atoms with van der Waals surface area (Å²) in [5, 5.41) is 19.8. The molecule has 2 aromatic carbocycles. The van der Waals surface area contributed by atoms with E-state index in [1.807, 2.05) is 62.4 Å². The molecule has 208 valence electrons. The molecule has 1 fully saturated rings. The highest BCUT2D eigenvalue weighted by atomic mass is 31.2. The van der Waals surface area contributed by atoms with Gasteiger partial charge in [0, 0.05) is 12.6 Å². The van der Waals surface area contributed by atoms with Crippen molar-refractivity contribution in [3.05, 3.63) is 93.0 Å². The summed E-state index contributed by atoms with van der Waals surface area (Å²) in [7, 11) is -4.26. The number of nitrogens with two attached hydrogens (primary N) is 1. The molecule has 5 N–H and O–H groups in total. The molecule has 1 aliphatic heterocycles. The number of carboxylic acid groups (broad SMARTS) is 1. The Morgan fingerprint density at radius 1 is 1.10 bits per heavy atom. The van der Waals surface area contributed by atoms with Gasteiger partial charge in [0.15, 0.2) is 6.23 Å². The predicted octanol–water partition coefficient (Wildman–Crippen LogP) is 2.81. The number of anilines is 1. The number of nitrogens with zero attached hydrogens (tertiary/aromatic N) is 2. The van der Waals surface area contributed by atoms with E-state index in [9.17, 15) is 24.4 Å². The van der Waals surface area contributed by atoms with Gasteiger partial charge < -0.3 is 20.7 Å². The number of aromatic nitrogens is 2. The van der Waals surface area contributed by atoms with Gasteiger partial charge in [-0.15, -0.1) is 0 Å². The number of nitrogens with one attached hydrogen (secondary N) is 1. The molecule has 2 heterocycles. The number of phosphoric ester groups is 1. The molecular weight excluding hydrogens is 531 g/mol. The van der Waals surface area contributed by atoms with Crippen molar-refractivity contribution in [3.8, 4) is 0 Å². The fraction of sp³-hybridized carbons (Fsp3) is 0.320. The molecule has 3 atom stereocenters. The van der Waals surface area contributed by atoms with Crippen molar-refractivity contribution in [2.24, 2.45) is 0 Å². The van der Waals surface area contributed by atoms with Gasteiger partial charge in [0.25, 0.3) is 0 Å². The maximum Gasteiger partial charge on any atom is 0.492 e. The number of carboxylic acids is 1. The lowest BCUT2D eigenvalue weighted by Gasteiger charge is -2.22. The first-order chi connectivity index (χ1) is 18.5. The minimum Gasteiger partial charge on any atom is -0.478 e. The van der Waals surface area contributed by atoms with Crippen molar-refractivity contribution < 1.29 is 38.0 Å². The summed E-state index contributed by atoms with van der Waals surface area (Å²) in [6.07, 6.45) is -2.78. The lowest BCUT2D eigenvalue weighted by atomic mass is 10.2. The molecule has 0 unspecified atom stereocenters. The van der Waals surface area contributed by atoms with E-state index < -0.39 is 49.4 Å². The number of aliphatic hydroxyl groups excluding tert-OH is 1. The zero-order valence-corrected chi connectivity index (χ0v) is 22.1. The Kier molecular flexibility index (Phi) is 8.93. The van der Waals surface area contributed by atoms with Gasteiger partial charge in [0.05, 0.1) is 19.3 Å². The minimum atomic E-state index is -4.26. The van der Waals surface area contributed by atoms with Crippen LogP contribution in [0, 0.1) is 13.8 Å². The fourth-order valence-electron chi connectivity index (χ4n) is 3.67. The lowest BCUT2D eigenvalue weighted by Crippen LogP contribution is -2.37. The number of hydrogen-bond acceptors (Lipinski definition) is 11. The quantitative estimate of drug-likeness (QED) is 0.199. The Bertz CT molecular complexity index is 1360. The number of aliphatic hydroxyl groups is 1. The Labute approximate surface area is 223 Å². The first kappa shape index (κ1) is 28.6. The van der Waals surface area contributed by atoms with Crippen LogP contribution in [-0.4, -0.2) is 38.1 Å². The van der Waals surface area contributed by atoms with Gasteiger partial charge in [-0.1, -0.05) is 59.7 Å². The number of phosphoric acid groups is 1. The molecule has 0 amide bonds. The SMILES string of the molecule is Cc1ccc(COP(=O)(OCc2ccc(C)cc2)ON[C@H]2O[C@@H](n3cc(C(=O)O)c(N)nc3=O)C[C@@H]2O)cc1. The van der Waals surface area contributed by atoms with E-state index in [-0.39, 0.29) is 19.6 Å². The molecule has 0 spiro atoms. The van der Waals surface area contributed by atoms with Crippen LogP contribution in [0.25, 0.3) is 0 Å². The van der Waals surface area contributed by atoms with Crippen LogP contribution in [0.15, 0.2) is 59.5 Å². The van der Waals surface area contributed by atoms with E-state index in [0.717, 1.165) is 33.0 Å². The zero-order valence-electron chi connectivity index (χ0n) is 21.2. The third-order valence-corrected chi connectivity index (χ3v) is 7.14. The lowest BCUT2D eigenvalue weighted by molar-refractivity contribution is -0.0969. The zero-order chi connectivity index (χ0) is 28.2. The number of nitrogen functional groups attached to an aromatic ring is 1. The molecule has 1 aromatic heterocycles. The van der Waals surface area contributed by atoms with Gasteiger partial charge in [-0.2, -0.15) is 15.1 Å². The number of benzene rings is 2. The average molecular weight is 561 g/mol. The average Bonchev–Trinajstić information content (AvgIpc) is 3.27. The van der Waals surface area contributed by atoms with Crippen LogP contribution >= 0.6 is 7.82 Å². The Balaban J connectivity index is 1.45. The van der Waals surface area contributed by atoms with Gasteiger partial charge in [0.2, 0.25) is 0 Å². The number of aryl methyl sites for hydroxylation is 2. The highest BCUT2D eigenvalue weighted by Gasteiger charge is 2.39. The normalized spacial score (nSPS) is 19.3. The highest BCUT2D eigenvalue weighted by molar-refractivity contribution is 7.48. The Morgan fingerprint density at radius 3 is 2.15 bits per heavy atom. The second-order valence-corrected chi connectivity index (χ2v) is 10.6. The molecule has 13 nitrogen and oxygen atoms in total. The molecule has 4 rings (SSSR count). The molecule has 39 heavy (non-hydrogen) atoms. The van der Waals surface area contributed by atoms with Gasteiger partial charge in [-0.25, -0.2) is 14.2 Å².